The van der Waals surface area contributed by atoms with Crippen molar-refractivity contribution in [3.63, 3.8) is 0 Å². The zero-order chi connectivity index (χ0) is 14.2. The molecule has 1 aromatic rings. The van der Waals surface area contributed by atoms with Crippen LogP contribution in [0.3, 0.4) is 0 Å². The minimum absolute atomic E-state index is 0.357. The summed E-state index contributed by atoms with van der Waals surface area (Å²) in [5.74, 6) is -1.00. The second-order valence-electron chi connectivity index (χ2n) is 5.27. The quantitative estimate of drug-likeness (QED) is 0.777. The van der Waals surface area contributed by atoms with Crippen molar-refractivity contribution in [1.82, 2.24) is 0 Å². The molecule has 20 heavy (non-hydrogen) atoms. The smallest absolute Gasteiger partial charge is 0.250 e. The van der Waals surface area contributed by atoms with Crippen LogP contribution in [-0.2, 0) is 9.47 Å². The average molecular weight is 277 g/mol. The van der Waals surface area contributed by atoms with E-state index >= 15 is 0 Å². The molecule has 0 saturated carbocycles. The molecular formula is C14H19N3O3. The molecule has 2 aliphatic heterocycles. The molecule has 0 aromatic heterocycles. The van der Waals surface area contributed by atoms with Gasteiger partial charge >= 0.3 is 0 Å². The Labute approximate surface area is 117 Å². The molecular weight excluding hydrogens is 258 g/mol. The van der Waals surface area contributed by atoms with Crippen LogP contribution in [0.4, 0.5) is 11.4 Å². The number of piperidine rings is 1. The van der Waals surface area contributed by atoms with Crippen LogP contribution < -0.4 is 16.4 Å². The standard InChI is InChI=1S/C14H19N3O3/c15-12-3-2-10(8-11(12)13(16)18)17-5-1-4-14(9-17)19-6-7-20-14/h2-3,8H,1,4-7,9,15H2,(H2,16,18). The van der Waals surface area contributed by atoms with Gasteiger partial charge in [0.2, 0.25) is 0 Å². The normalized spacial score (nSPS) is 21.3. The maximum Gasteiger partial charge on any atom is 0.250 e. The molecule has 6 nitrogen and oxygen atoms in total. The zero-order valence-electron chi connectivity index (χ0n) is 11.3. The van der Waals surface area contributed by atoms with Crippen molar-refractivity contribution in [2.75, 3.05) is 36.9 Å². The molecule has 1 spiro atoms. The number of nitrogen functional groups attached to an aromatic ring is 1. The largest absolute Gasteiger partial charge is 0.398 e. The van der Waals surface area contributed by atoms with Crippen molar-refractivity contribution in [3.8, 4) is 0 Å². The number of benzene rings is 1. The molecule has 2 aliphatic rings. The minimum atomic E-state index is -0.510. The first-order valence-electron chi connectivity index (χ1n) is 6.82. The van der Waals surface area contributed by atoms with Gasteiger partial charge in [-0.3, -0.25) is 4.79 Å². The van der Waals surface area contributed by atoms with Gasteiger partial charge in [0.25, 0.3) is 5.91 Å². The van der Waals surface area contributed by atoms with Crippen LogP contribution in [0.15, 0.2) is 18.2 Å². The Kier molecular flexibility index (Phi) is 3.27. The number of rotatable bonds is 2. The summed E-state index contributed by atoms with van der Waals surface area (Å²) in [5.41, 5.74) is 12.8. The molecule has 2 saturated heterocycles. The van der Waals surface area contributed by atoms with E-state index in [0.29, 0.717) is 31.0 Å². The van der Waals surface area contributed by atoms with E-state index in [2.05, 4.69) is 4.90 Å². The highest BCUT2D eigenvalue weighted by molar-refractivity contribution is 5.99. The first kappa shape index (κ1) is 13.2. The molecule has 0 atom stereocenters. The van der Waals surface area contributed by atoms with Crippen LogP contribution in [0, 0.1) is 0 Å². The number of carbonyl (C=O) groups excluding carboxylic acids is 1. The first-order valence-corrected chi connectivity index (χ1v) is 6.82. The predicted octanol–water partition coefficient (Wildman–Crippen LogP) is 0.711. The molecule has 1 aromatic carbocycles. The summed E-state index contributed by atoms with van der Waals surface area (Å²) in [7, 11) is 0. The fourth-order valence-electron chi connectivity index (χ4n) is 2.90. The Morgan fingerprint density at radius 2 is 2.05 bits per heavy atom. The molecule has 6 heteroatoms. The average Bonchev–Trinajstić information content (AvgIpc) is 2.87. The summed E-state index contributed by atoms with van der Waals surface area (Å²) in [6, 6.07) is 5.36. The van der Waals surface area contributed by atoms with Crippen molar-refractivity contribution < 1.29 is 14.3 Å². The lowest BCUT2D eigenvalue weighted by Crippen LogP contribution is -2.49. The monoisotopic (exact) mass is 277 g/mol. The second-order valence-corrected chi connectivity index (χ2v) is 5.27. The number of carbonyl (C=O) groups is 1. The van der Waals surface area contributed by atoms with Gasteiger partial charge in [0.1, 0.15) is 0 Å². The topological polar surface area (TPSA) is 90.8 Å². The zero-order valence-corrected chi connectivity index (χ0v) is 11.3. The number of nitrogens with two attached hydrogens (primary N) is 2. The fourth-order valence-corrected chi connectivity index (χ4v) is 2.90. The summed E-state index contributed by atoms with van der Waals surface area (Å²) in [4.78, 5) is 13.5. The number of ether oxygens (including phenoxy) is 2. The molecule has 3 rings (SSSR count). The Bertz CT molecular complexity index is 526. The predicted molar refractivity (Wildman–Crippen MR) is 75.5 cm³/mol. The highest BCUT2D eigenvalue weighted by Gasteiger charge is 2.40. The lowest BCUT2D eigenvalue weighted by molar-refractivity contribution is -0.161. The summed E-state index contributed by atoms with van der Waals surface area (Å²) in [5, 5.41) is 0. The minimum Gasteiger partial charge on any atom is -0.398 e. The van der Waals surface area contributed by atoms with Crippen molar-refractivity contribution in [1.29, 1.82) is 0 Å². The molecule has 2 fully saturated rings. The molecule has 0 aliphatic carbocycles. The van der Waals surface area contributed by atoms with Crippen molar-refractivity contribution in [2.24, 2.45) is 5.73 Å². The summed E-state index contributed by atoms with van der Waals surface area (Å²) in [6.07, 6.45) is 1.89. The summed E-state index contributed by atoms with van der Waals surface area (Å²) < 4.78 is 11.5. The number of hydrogen-bond donors (Lipinski definition) is 2. The SMILES string of the molecule is NC(=O)c1cc(N2CCCC3(C2)OCCO3)ccc1N. The highest BCUT2D eigenvalue weighted by atomic mass is 16.7. The summed E-state index contributed by atoms with van der Waals surface area (Å²) >= 11 is 0. The third-order valence-electron chi connectivity index (χ3n) is 3.90. The van der Waals surface area contributed by atoms with Crippen molar-refractivity contribution >= 4 is 17.3 Å². The number of primary amides is 1. The van der Waals surface area contributed by atoms with E-state index in [9.17, 15) is 4.79 Å². The number of hydrogen-bond acceptors (Lipinski definition) is 5. The van der Waals surface area contributed by atoms with E-state index in [1.807, 2.05) is 6.07 Å². The van der Waals surface area contributed by atoms with Gasteiger partial charge in [0, 0.05) is 24.3 Å². The van der Waals surface area contributed by atoms with Gasteiger partial charge < -0.3 is 25.8 Å². The van der Waals surface area contributed by atoms with Crippen LogP contribution >= 0.6 is 0 Å². The molecule has 1 amide bonds. The number of anilines is 2. The van der Waals surface area contributed by atoms with Gasteiger partial charge in [0.15, 0.2) is 5.79 Å². The number of amides is 1. The van der Waals surface area contributed by atoms with Crippen LogP contribution in [0.5, 0.6) is 0 Å². The fraction of sp³-hybridized carbons (Fsp3) is 0.500. The van der Waals surface area contributed by atoms with E-state index in [1.165, 1.54) is 0 Å². The Morgan fingerprint density at radius 3 is 2.75 bits per heavy atom. The van der Waals surface area contributed by atoms with Gasteiger partial charge in [-0.25, -0.2) is 0 Å². The molecule has 0 bridgehead atoms. The van der Waals surface area contributed by atoms with Crippen molar-refractivity contribution in [3.05, 3.63) is 23.8 Å². The van der Waals surface area contributed by atoms with E-state index in [0.717, 1.165) is 25.1 Å². The number of nitrogens with zero attached hydrogens (tertiary/aromatic N) is 1. The second kappa shape index (κ2) is 4.96. The first-order chi connectivity index (χ1) is 9.60. The molecule has 2 heterocycles. The molecule has 108 valence electrons. The van der Waals surface area contributed by atoms with E-state index in [1.54, 1.807) is 12.1 Å². The van der Waals surface area contributed by atoms with Gasteiger partial charge in [-0.1, -0.05) is 0 Å². The van der Waals surface area contributed by atoms with E-state index in [-0.39, 0.29) is 0 Å². The molecule has 0 unspecified atom stereocenters. The van der Waals surface area contributed by atoms with E-state index in [4.69, 9.17) is 20.9 Å². The van der Waals surface area contributed by atoms with Gasteiger partial charge in [-0.05, 0) is 24.6 Å². The maximum atomic E-state index is 11.4. The highest BCUT2D eigenvalue weighted by Crippen LogP contribution is 2.33. The lowest BCUT2D eigenvalue weighted by atomic mass is 10.0. The van der Waals surface area contributed by atoms with E-state index < -0.39 is 11.7 Å². The Hall–Kier alpha value is -1.79. The van der Waals surface area contributed by atoms with Crippen molar-refractivity contribution in [2.45, 2.75) is 18.6 Å². The third kappa shape index (κ3) is 2.32. The Balaban J connectivity index is 1.85. The van der Waals surface area contributed by atoms with Gasteiger partial charge in [-0.15, -0.1) is 0 Å². The lowest BCUT2D eigenvalue weighted by Gasteiger charge is -2.39. The molecule has 4 N–H and O–H groups in total. The molecule has 0 radical (unpaired) electrons. The van der Waals surface area contributed by atoms with Crippen LogP contribution in [0.1, 0.15) is 23.2 Å². The Morgan fingerprint density at radius 1 is 1.30 bits per heavy atom. The van der Waals surface area contributed by atoms with Gasteiger partial charge in [0.05, 0.1) is 25.3 Å². The van der Waals surface area contributed by atoms with Crippen LogP contribution in [-0.4, -0.2) is 38.0 Å². The van der Waals surface area contributed by atoms with Crippen LogP contribution in [0.25, 0.3) is 0 Å². The third-order valence-corrected chi connectivity index (χ3v) is 3.90. The summed E-state index contributed by atoms with van der Waals surface area (Å²) in [6.45, 7) is 2.84. The van der Waals surface area contributed by atoms with Crippen LogP contribution in [0.2, 0.25) is 0 Å². The van der Waals surface area contributed by atoms with Gasteiger partial charge in [-0.2, -0.15) is 0 Å². The maximum absolute atomic E-state index is 11.4.